The molecule has 1 N–H and O–H groups in total. The summed E-state index contributed by atoms with van der Waals surface area (Å²) in [6.07, 6.45) is 1.70. The van der Waals surface area contributed by atoms with Gasteiger partial charge in [0.1, 0.15) is 0 Å². The van der Waals surface area contributed by atoms with Crippen LogP contribution in [0.3, 0.4) is 0 Å². The normalized spacial score (nSPS) is 20.9. The second-order valence-corrected chi connectivity index (χ2v) is 7.49. The van der Waals surface area contributed by atoms with Gasteiger partial charge >= 0.3 is 0 Å². The molecule has 1 aromatic heterocycles. The lowest BCUT2D eigenvalue weighted by molar-refractivity contribution is -0.918. The van der Waals surface area contributed by atoms with Crippen molar-refractivity contribution in [3.05, 3.63) is 53.5 Å². The summed E-state index contributed by atoms with van der Waals surface area (Å²) < 4.78 is 5.19. The quantitative estimate of drug-likeness (QED) is 0.788. The standard InChI is InChI=1S/C21H23N3O4/c1-14-5-3-6-15(2)19(14)24-18(25)13-16(20(24)26)22-8-10-23(11-9-22)21(27)17-7-4-12-28-17/h3-7,12,16H,8-11,13H2,1-2H3/p+1/t16-/m1/s1. The lowest BCUT2D eigenvalue weighted by Gasteiger charge is -2.34. The molecular formula is C21H24N3O4+. The summed E-state index contributed by atoms with van der Waals surface area (Å²) >= 11 is 0. The summed E-state index contributed by atoms with van der Waals surface area (Å²) in [6.45, 7) is 6.18. The summed E-state index contributed by atoms with van der Waals surface area (Å²) in [4.78, 5) is 42.4. The molecule has 1 aromatic carbocycles. The van der Waals surface area contributed by atoms with E-state index >= 15 is 0 Å². The average molecular weight is 382 g/mol. The number of benzene rings is 1. The molecule has 0 radical (unpaired) electrons. The predicted molar refractivity (Wildman–Crippen MR) is 102 cm³/mol. The summed E-state index contributed by atoms with van der Waals surface area (Å²) in [7, 11) is 0. The van der Waals surface area contributed by atoms with Crippen LogP contribution >= 0.6 is 0 Å². The molecule has 0 unspecified atom stereocenters. The molecule has 7 heteroatoms. The maximum atomic E-state index is 13.1. The highest BCUT2D eigenvalue weighted by Gasteiger charge is 2.47. The molecule has 2 aromatic rings. The number of quaternary nitrogens is 1. The van der Waals surface area contributed by atoms with Gasteiger partial charge in [-0.1, -0.05) is 18.2 Å². The number of amides is 3. The topological polar surface area (TPSA) is 75.3 Å². The van der Waals surface area contributed by atoms with E-state index in [1.807, 2.05) is 32.0 Å². The van der Waals surface area contributed by atoms with E-state index in [-0.39, 0.29) is 30.2 Å². The van der Waals surface area contributed by atoms with E-state index in [0.717, 1.165) is 16.0 Å². The van der Waals surface area contributed by atoms with Crippen LogP contribution in [0.15, 0.2) is 41.0 Å². The molecule has 3 amide bonds. The van der Waals surface area contributed by atoms with Crippen LogP contribution in [-0.4, -0.2) is 54.8 Å². The smallest absolute Gasteiger partial charge is 0.292 e. The molecule has 0 saturated carbocycles. The molecule has 3 heterocycles. The minimum Gasteiger partial charge on any atom is -0.459 e. The van der Waals surface area contributed by atoms with E-state index < -0.39 is 0 Å². The van der Waals surface area contributed by atoms with Crippen molar-refractivity contribution in [3.63, 3.8) is 0 Å². The molecule has 2 saturated heterocycles. The summed E-state index contributed by atoms with van der Waals surface area (Å²) in [5.41, 5.74) is 2.56. The Labute approximate surface area is 163 Å². The number of imide groups is 1. The van der Waals surface area contributed by atoms with E-state index in [0.29, 0.717) is 37.6 Å². The largest absolute Gasteiger partial charge is 0.459 e. The number of hydrogen-bond acceptors (Lipinski definition) is 4. The van der Waals surface area contributed by atoms with Gasteiger partial charge in [-0.2, -0.15) is 0 Å². The lowest BCUT2D eigenvalue weighted by atomic mass is 10.1. The molecule has 1 atom stereocenters. The fourth-order valence-corrected chi connectivity index (χ4v) is 4.25. The van der Waals surface area contributed by atoms with Gasteiger partial charge < -0.3 is 14.2 Å². The SMILES string of the molecule is Cc1cccc(C)c1N1C(=O)C[C@@H]([NH+]2CCN(C(=O)c3ccco3)CC2)C1=O. The molecular weight excluding hydrogens is 358 g/mol. The Hall–Kier alpha value is -2.93. The molecule has 146 valence electrons. The van der Waals surface area contributed by atoms with Crippen LogP contribution in [0, 0.1) is 13.8 Å². The van der Waals surface area contributed by atoms with Gasteiger partial charge in [-0.05, 0) is 37.1 Å². The number of hydrogen-bond donors (Lipinski definition) is 1. The van der Waals surface area contributed by atoms with E-state index in [1.54, 1.807) is 17.0 Å². The van der Waals surface area contributed by atoms with Gasteiger partial charge in [0.2, 0.25) is 5.91 Å². The van der Waals surface area contributed by atoms with Crippen LogP contribution in [0.1, 0.15) is 28.1 Å². The van der Waals surface area contributed by atoms with Crippen molar-refractivity contribution in [1.29, 1.82) is 0 Å². The van der Waals surface area contributed by atoms with Crippen molar-refractivity contribution >= 4 is 23.4 Å². The average Bonchev–Trinajstić information content (AvgIpc) is 3.31. The first-order chi connectivity index (χ1) is 13.5. The van der Waals surface area contributed by atoms with Crippen molar-refractivity contribution in [2.24, 2.45) is 0 Å². The summed E-state index contributed by atoms with van der Waals surface area (Å²) in [6, 6.07) is 8.73. The van der Waals surface area contributed by atoms with Crippen molar-refractivity contribution < 1.29 is 23.7 Å². The Morgan fingerprint density at radius 1 is 1.07 bits per heavy atom. The fourth-order valence-electron chi connectivity index (χ4n) is 4.25. The first kappa shape index (κ1) is 18.4. The number of nitrogens with zero attached hydrogens (tertiary/aromatic N) is 2. The van der Waals surface area contributed by atoms with Crippen LogP contribution in [0.25, 0.3) is 0 Å². The molecule has 2 fully saturated rings. The van der Waals surface area contributed by atoms with Crippen molar-refractivity contribution in [2.45, 2.75) is 26.3 Å². The van der Waals surface area contributed by atoms with Gasteiger partial charge in [-0.3, -0.25) is 14.4 Å². The van der Waals surface area contributed by atoms with Crippen LogP contribution in [0.5, 0.6) is 0 Å². The number of carbonyl (C=O) groups is 3. The van der Waals surface area contributed by atoms with E-state index in [9.17, 15) is 14.4 Å². The van der Waals surface area contributed by atoms with Crippen LogP contribution in [0.2, 0.25) is 0 Å². The van der Waals surface area contributed by atoms with Gasteiger partial charge in [0, 0.05) is 0 Å². The lowest BCUT2D eigenvalue weighted by Crippen LogP contribution is -3.19. The first-order valence-electron chi connectivity index (χ1n) is 9.57. The Morgan fingerprint density at radius 2 is 1.75 bits per heavy atom. The molecule has 28 heavy (non-hydrogen) atoms. The summed E-state index contributed by atoms with van der Waals surface area (Å²) in [5.74, 6) is -0.0796. The maximum absolute atomic E-state index is 13.1. The minimum absolute atomic E-state index is 0.130. The molecule has 2 aliphatic heterocycles. The number of furan rings is 1. The predicted octanol–water partition coefficient (Wildman–Crippen LogP) is 0.569. The fraction of sp³-hybridized carbons (Fsp3) is 0.381. The highest BCUT2D eigenvalue weighted by Crippen LogP contribution is 2.29. The van der Waals surface area contributed by atoms with Gasteiger partial charge in [0.15, 0.2) is 11.8 Å². The Balaban J connectivity index is 1.46. The molecule has 0 bridgehead atoms. The third-order valence-corrected chi connectivity index (χ3v) is 5.73. The van der Waals surface area contributed by atoms with Crippen molar-refractivity contribution in [1.82, 2.24) is 4.90 Å². The molecule has 0 spiro atoms. The van der Waals surface area contributed by atoms with E-state index in [4.69, 9.17) is 4.42 Å². The molecule has 0 aliphatic carbocycles. The van der Waals surface area contributed by atoms with Gasteiger partial charge in [0.25, 0.3) is 11.8 Å². The van der Waals surface area contributed by atoms with Crippen LogP contribution in [0.4, 0.5) is 5.69 Å². The third kappa shape index (κ3) is 3.11. The zero-order chi connectivity index (χ0) is 19.8. The third-order valence-electron chi connectivity index (χ3n) is 5.73. The minimum atomic E-state index is -0.382. The van der Waals surface area contributed by atoms with E-state index in [2.05, 4.69) is 0 Å². The van der Waals surface area contributed by atoms with Crippen molar-refractivity contribution in [2.75, 3.05) is 31.1 Å². The number of nitrogens with one attached hydrogen (secondary N) is 1. The zero-order valence-corrected chi connectivity index (χ0v) is 16.1. The Kier molecular flexibility index (Phi) is 4.77. The maximum Gasteiger partial charge on any atom is 0.292 e. The molecule has 4 rings (SSSR count). The Bertz CT molecular complexity index is 893. The van der Waals surface area contributed by atoms with Crippen molar-refractivity contribution in [3.8, 4) is 0 Å². The molecule has 2 aliphatic rings. The number of rotatable bonds is 3. The zero-order valence-electron chi connectivity index (χ0n) is 16.1. The van der Waals surface area contributed by atoms with Gasteiger partial charge in [-0.15, -0.1) is 0 Å². The van der Waals surface area contributed by atoms with Gasteiger partial charge in [0.05, 0.1) is 44.6 Å². The summed E-state index contributed by atoms with van der Waals surface area (Å²) in [5, 5.41) is 0. The Morgan fingerprint density at radius 3 is 2.36 bits per heavy atom. The molecule has 7 nitrogen and oxygen atoms in total. The monoisotopic (exact) mass is 382 g/mol. The second kappa shape index (κ2) is 7.24. The first-order valence-corrected chi connectivity index (χ1v) is 9.57. The highest BCUT2D eigenvalue weighted by molar-refractivity contribution is 6.22. The van der Waals surface area contributed by atoms with Crippen LogP contribution in [-0.2, 0) is 9.59 Å². The number of aryl methyl sites for hydroxylation is 2. The van der Waals surface area contributed by atoms with Gasteiger partial charge in [-0.25, -0.2) is 4.90 Å². The van der Waals surface area contributed by atoms with E-state index in [1.165, 1.54) is 11.2 Å². The number of para-hydroxylation sites is 1. The van der Waals surface area contributed by atoms with Crippen LogP contribution < -0.4 is 9.80 Å². The number of carbonyl (C=O) groups excluding carboxylic acids is 3. The number of anilines is 1. The highest BCUT2D eigenvalue weighted by atomic mass is 16.3. The number of piperazine rings is 1. The second-order valence-electron chi connectivity index (χ2n) is 7.49.